The van der Waals surface area contributed by atoms with Gasteiger partial charge in [-0.25, -0.2) is 9.59 Å². The van der Waals surface area contributed by atoms with E-state index in [-0.39, 0.29) is 11.1 Å². The third-order valence-electron chi connectivity index (χ3n) is 6.17. The maximum absolute atomic E-state index is 12.3. The summed E-state index contributed by atoms with van der Waals surface area (Å²) in [7, 11) is 0. The molecule has 0 atom stereocenters. The molecular weight excluding hydrogens is 374 g/mol. The lowest BCUT2D eigenvalue weighted by Crippen LogP contribution is -2.62. The lowest BCUT2D eigenvalue weighted by atomic mass is 9.53. The summed E-state index contributed by atoms with van der Waals surface area (Å²) in [6.45, 7) is -0.649. The van der Waals surface area contributed by atoms with Gasteiger partial charge in [-0.15, -0.1) is 0 Å². The number of nitriles is 1. The zero-order valence-corrected chi connectivity index (χ0v) is 16.0. The van der Waals surface area contributed by atoms with Gasteiger partial charge in [-0.1, -0.05) is 0 Å². The average molecular weight is 397 g/mol. The minimum atomic E-state index is -0.958. The molecule has 4 fully saturated rings. The molecule has 0 aromatic carbocycles. The van der Waals surface area contributed by atoms with Crippen molar-refractivity contribution < 1.29 is 23.5 Å². The topological polar surface area (TPSA) is 121 Å². The van der Waals surface area contributed by atoms with Crippen molar-refractivity contribution in [3.63, 3.8) is 0 Å². The number of rotatable bonds is 5. The number of hydrogen-bond donors (Lipinski definition) is 2. The van der Waals surface area contributed by atoms with Crippen LogP contribution in [-0.4, -0.2) is 30.1 Å². The number of nitrogens with one attached hydrogen (secondary N) is 2. The van der Waals surface area contributed by atoms with Crippen LogP contribution >= 0.6 is 0 Å². The van der Waals surface area contributed by atoms with Crippen LogP contribution in [0, 0.1) is 29.1 Å². The predicted molar refractivity (Wildman–Crippen MR) is 101 cm³/mol. The van der Waals surface area contributed by atoms with Gasteiger partial charge < -0.3 is 14.5 Å². The van der Waals surface area contributed by atoms with Crippen LogP contribution in [0.3, 0.4) is 0 Å². The van der Waals surface area contributed by atoms with Crippen LogP contribution < -0.4 is 10.6 Å². The van der Waals surface area contributed by atoms with Gasteiger partial charge in [0.25, 0.3) is 5.91 Å². The van der Waals surface area contributed by atoms with E-state index in [0.717, 1.165) is 19.3 Å². The van der Waals surface area contributed by atoms with E-state index in [9.17, 15) is 14.4 Å². The molecule has 3 amide bonds. The minimum absolute atomic E-state index is 0.213. The number of urea groups is 1. The fourth-order valence-electron chi connectivity index (χ4n) is 5.56. The fourth-order valence-corrected chi connectivity index (χ4v) is 5.56. The first-order chi connectivity index (χ1) is 13.9. The number of carbonyl (C=O) groups excluding carboxylic acids is 3. The normalized spacial score (nSPS) is 29.8. The van der Waals surface area contributed by atoms with Crippen LogP contribution in [0.4, 0.5) is 4.79 Å². The van der Waals surface area contributed by atoms with Gasteiger partial charge in [0.05, 0.1) is 6.26 Å². The van der Waals surface area contributed by atoms with Crippen molar-refractivity contribution in [1.29, 1.82) is 5.26 Å². The number of esters is 1. The van der Waals surface area contributed by atoms with E-state index in [1.807, 2.05) is 0 Å². The van der Waals surface area contributed by atoms with Crippen LogP contribution in [0.1, 0.15) is 44.3 Å². The smallest absolute Gasteiger partial charge is 0.349 e. The van der Waals surface area contributed by atoms with E-state index < -0.39 is 24.5 Å². The molecule has 5 rings (SSSR count). The van der Waals surface area contributed by atoms with Gasteiger partial charge >= 0.3 is 12.0 Å². The number of nitrogens with zero attached hydrogens (tertiary/aromatic N) is 1. The number of amides is 3. The molecular formula is C21H23N3O5. The van der Waals surface area contributed by atoms with Crippen LogP contribution in [0.15, 0.2) is 28.4 Å². The summed E-state index contributed by atoms with van der Waals surface area (Å²) in [5, 5.41) is 14.3. The van der Waals surface area contributed by atoms with Crippen LogP contribution in [0.2, 0.25) is 0 Å². The van der Waals surface area contributed by atoms with Gasteiger partial charge in [-0.05, 0) is 68.4 Å². The lowest BCUT2D eigenvalue weighted by molar-refractivity contribution is -0.144. The van der Waals surface area contributed by atoms with Gasteiger partial charge in [0.1, 0.15) is 17.4 Å². The number of hydrogen-bond acceptors (Lipinski definition) is 6. The first-order valence-corrected chi connectivity index (χ1v) is 9.89. The second-order valence-electron chi connectivity index (χ2n) is 8.46. The Morgan fingerprint density at radius 1 is 1.21 bits per heavy atom. The highest BCUT2D eigenvalue weighted by Gasteiger charge is 2.51. The molecule has 0 saturated heterocycles. The monoisotopic (exact) mass is 397 g/mol. The summed E-state index contributed by atoms with van der Waals surface area (Å²) in [5.41, 5.74) is -0.513. The second-order valence-corrected chi connectivity index (χ2v) is 8.46. The van der Waals surface area contributed by atoms with Gasteiger partial charge in [-0.2, -0.15) is 5.26 Å². The van der Waals surface area contributed by atoms with Crippen LogP contribution in [0.5, 0.6) is 0 Å². The van der Waals surface area contributed by atoms with Crippen LogP contribution in [0.25, 0.3) is 6.08 Å². The molecule has 1 heterocycles. The van der Waals surface area contributed by atoms with Crippen molar-refractivity contribution >= 4 is 24.0 Å². The Morgan fingerprint density at radius 2 is 1.86 bits per heavy atom. The van der Waals surface area contributed by atoms with Gasteiger partial charge in [0, 0.05) is 11.6 Å². The third-order valence-corrected chi connectivity index (χ3v) is 6.17. The Kier molecular flexibility index (Phi) is 5.14. The summed E-state index contributed by atoms with van der Waals surface area (Å²) in [6, 6.07) is 4.34. The fraction of sp³-hybridized carbons (Fsp3) is 0.524. The first kappa shape index (κ1) is 19.2. The van der Waals surface area contributed by atoms with Crippen molar-refractivity contribution in [1.82, 2.24) is 10.6 Å². The molecule has 1 aromatic rings. The number of imide groups is 1. The van der Waals surface area contributed by atoms with Gasteiger partial charge in [-0.3, -0.25) is 10.1 Å². The molecule has 4 aliphatic rings. The van der Waals surface area contributed by atoms with E-state index in [1.54, 1.807) is 18.2 Å². The Labute approximate surface area is 168 Å². The third kappa shape index (κ3) is 4.34. The van der Waals surface area contributed by atoms with Gasteiger partial charge in [0.15, 0.2) is 6.61 Å². The minimum Gasteiger partial charge on any atom is -0.465 e. The average Bonchev–Trinajstić information content (AvgIpc) is 3.15. The maximum atomic E-state index is 12.3. The molecule has 4 aliphatic carbocycles. The van der Waals surface area contributed by atoms with Crippen molar-refractivity contribution in [2.24, 2.45) is 17.8 Å². The molecule has 4 saturated carbocycles. The van der Waals surface area contributed by atoms with Crippen molar-refractivity contribution in [2.75, 3.05) is 6.61 Å². The standard InChI is InChI=1S/C21H23N3O5/c22-11-16(7-17-2-1-3-28-17)19(26)29-12-18(25)23-20(27)24-21-8-13-4-14(9-21)6-15(5-13)10-21/h1-3,7,13-15H,4-6,8-10,12H2,(H2,23,24,25,27)/b16-7+. The van der Waals surface area contributed by atoms with E-state index in [0.29, 0.717) is 23.5 Å². The van der Waals surface area contributed by atoms with E-state index >= 15 is 0 Å². The quantitative estimate of drug-likeness (QED) is 0.447. The molecule has 29 heavy (non-hydrogen) atoms. The van der Waals surface area contributed by atoms with Crippen molar-refractivity contribution in [2.45, 2.75) is 44.1 Å². The SMILES string of the molecule is N#C/C(=C\c1ccco1)C(=O)OCC(=O)NC(=O)NC12CC3CC(CC(C3)C1)C2. The molecule has 8 heteroatoms. The molecule has 0 unspecified atom stereocenters. The van der Waals surface area contributed by atoms with E-state index in [1.165, 1.54) is 31.6 Å². The summed E-state index contributed by atoms with van der Waals surface area (Å²) >= 11 is 0. The highest BCUT2D eigenvalue weighted by Crippen LogP contribution is 2.55. The maximum Gasteiger partial charge on any atom is 0.349 e. The Bertz CT molecular complexity index is 845. The first-order valence-electron chi connectivity index (χ1n) is 9.89. The number of ether oxygens (including phenoxy) is 1. The molecule has 0 spiro atoms. The van der Waals surface area contributed by atoms with Crippen LogP contribution in [-0.2, 0) is 14.3 Å². The van der Waals surface area contributed by atoms with E-state index in [4.69, 9.17) is 14.4 Å². The van der Waals surface area contributed by atoms with Crippen molar-refractivity contribution in [3.05, 3.63) is 29.7 Å². The summed E-state index contributed by atoms with van der Waals surface area (Å²) < 4.78 is 9.88. The Hall–Kier alpha value is -3.08. The molecule has 0 aliphatic heterocycles. The summed E-state index contributed by atoms with van der Waals surface area (Å²) in [6.07, 6.45) is 9.30. The number of carbonyl (C=O) groups is 3. The molecule has 8 nitrogen and oxygen atoms in total. The zero-order chi connectivity index (χ0) is 20.4. The molecule has 1 aromatic heterocycles. The second kappa shape index (κ2) is 7.74. The Balaban J connectivity index is 1.26. The predicted octanol–water partition coefficient (Wildman–Crippen LogP) is 2.52. The summed E-state index contributed by atoms with van der Waals surface area (Å²) in [5.74, 6) is 0.630. The van der Waals surface area contributed by atoms with Gasteiger partial charge in [0.2, 0.25) is 0 Å². The Morgan fingerprint density at radius 3 is 2.41 bits per heavy atom. The zero-order valence-electron chi connectivity index (χ0n) is 16.0. The highest BCUT2D eigenvalue weighted by molar-refractivity contribution is 6.00. The molecule has 4 bridgehead atoms. The molecule has 0 radical (unpaired) electrons. The molecule has 2 N–H and O–H groups in total. The highest BCUT2D eigenvalue weighted by atomic mass is 16.5. The summed E-state index contributed by atoms with van der Waals surface area (Å²) in [4.78, 5) is 36.3. The molecule has 152 valence electrons. The van der Waals surface area contributed by atoms with Crippen molar-refractivity contribution in [3.8, 4) is 6.07 Å². The van der Waals surface area contributed by atoms with E-state index in [2.05, 4.69) is 10.6 Å². The lowest BCUT2D eigenvalue weighted by Gasteiger charge is -2.56. The number of furan rings is 1. The largest absolute Gasteiger partial charge is 0.465 e.